The largest absolute Gasteiger partial charge is 0.497 e. The minimum Gasteiger partial charge on any atom is -0.497 e. The molecule has 8 heteroatoms. The molecule has 2 aromatic rings. The van der Waals surface area contributed by atoms with Crippen molar-refractivity contribution in [2.24, 2.45) is 0 Å². The van der Waals surface area contributed by atoms with Crippen LogP contribution < -0.4 is 25.0 Å². The van der Waals surface area contributed by atoms with Gasteiger partial charge >= 0.3 is 0 Å². The van der Waals surface area contributed by atoms with Gasteiger partial charge in [0.15, 0.2) is 13.1 Å². The second kappa shape index (κ2) is 9.54. The molecule has 0 spiro atoms. The molecule has 0 radical (unpaired) electrons. The van der Waals surface area contributed by atoms with Crippen LogP contribution in [0.1, 0.15) is 0 Å². The number of anilines is 2. The minimum absolute atomic E-state index is 0.0806. The second-order valence-electron chi connectivity index (χ2n) is 5.98. The minimum atomic E-state index is -0.375. The fraction of sp³-hybridized carbons (Fsp3) is 0.263. The number of likely N-dealkylation sites (N-methyl/N-ethyl adjacent to an activating group) is 1. The van der Waals surface area contributed by atoms with Crippen molar-refractivity contribution in [3.63, 3.8) is 0 Å². The van der Waals surface area contributed by atoms with Gasteiger partial charge in [-0.1, -0.05) is 0 Å². The zero-order valence-electron chi connectivity index (χ0n) is 15.5. The first kappa shape index (κ1) is 20.2. The van der Waals surface area contributed by atoms with Gasteiger partial charge < -0.3 is 25.0 Å². The van der Waals surface area contributed by atoms with Crippen molar-refractivity contribution in [3.05, 3.63) is 48.3 Å². The standard InChI is InChI=1S/C19H22FN3O4/c1-23(11-18(24)21-14-6-4-13(20)5-7-14)12-19(25)22-16-10-15(26-2)8-9-17(16)27-3/h4-10H,11-12H2,1-3H3,(H,21,24)(H,22,25)/p+1. The van der Waals surface area contributed by atoms with E-state index < -0.39 is 0 Å². The molecule has 0 aromatic heterocycles. The van der Waals surface area contributed by atoms with Crippen molar-refractivity contribution < 1.29 is 28.4 Å². The van der Waals surface area contributed by atoms with Gasteiger partial charge in [-0.3, -0.25) is 9.59 Å². The highest BCUT2D eigenvalue weighted by molar-refractivity contribution is 5.94. The van der Waals surface area contributed by atoms with Crippen LogP contribution in [0.4, 0.5) is 15.8 Å². The number of hydrogen-bond acceptors (Lipinski definition) is 4. The Labute approximate surface area is 157 Å². The third kappa shape index (κ3) is 6.27. The molecule has 0 saturated heterocycles. The summed E-state index contributed by atoms with van der Waals surface area (Å²) in [5.74, 6) is 0.182. The fourth-order valence-electron chi connectivity index (χ4n) is 2.46. The average Bonchev–Trinajstić information content (AvgIpc) is 2.63. The van der Waals surface area contributed by atoms with Crippen LogP contribution in [0, 0.1) is 5.82 Å². The summed E-state index contributed by atoms with van der Waals surface area (Å²) >= 11 is 0. The van der Waals surface area contributed by atoms with Crippen LogP contribution in [-0.4, -0.2) is 46.2 Å². The SMILES string of the molecule is COc1ccc(OC)c(NC(=O)C[NH+](C)CC(=O)Nc2ccc(F)cc2)c1. The first-order valence-corrected chi connectivity index (χ1v) is 8.30. The fourth-order valence-corrected chi connectivity index (χ4v) is 2.46. The van der Waals surface area contributed by atoms with E-state index in [1.807, 2.05) is 0 Å². The molecule has 27 heavy (non-hydrogen) atoms. The number of carbonyl (C=O) groups excluding carboxylic acids is 2. The summed E-state index contributed by atoms with van der Waals surface area (Å²) in [6, 6.07) is 10.6. The van der Waals surface area contributed by atoms with Crippen molar-refractivity contribution in [2.75, 3.05) is 45.0 Å². The number of ether oxygens (including phenoxy) is 2. The molecule has 0 heterocycles. The topological polar surface area (TPSA) is 81.1 Å². The Morgan fingerprint density at radius 3 is 2.19 bits per heavy atom. The van der Waals surface area contributed by atoms with Gasteiger partial charge in [-0.2, -0.15) is 0 Å². The number of benzene rings is 2. The van der Waals surface area contributed by atoms with E-state index in [2.05, 4.69) is 10.6 Å². The molecule has 0 saturated carbocycles. The van der Waals surface area contributed by atoms with Gasteiger partial charge in [-0.25, -0.2) is 4.39 Å². The quantitative estimate of drug-likeness (QED) is 0.640. The molecule has 2 rings (SSSR count). The number of rotatable bonds is 8. The number of hydrogen-bond donors (Lipinski definition) is 3. The molecule has 2 amide bonds. The molecule has 0 aliphatic rings. The van der Waals surface area contributed by atoms with E-state index in [1.165, 1.54) is 38.5 Å². The highest BCUT2D eigenvalue weighted by Gasteiger charge is 2.16. The van der Waals surface area contributed by atoms with Crippen LogP contribution in [0.2, 0.25) is 0 Å². The Morgan fingerprint density at radius 1 is 0.963 bits per heavy atom. The first-order chi connectivity index (χ1) is 12.9. The van der Waals surface area contributed by atoms with Crippen LogP contribution in [0.5, 0.6) is 11.5 Å². The molecule has 2 aromatic carbocycles. The third-order valence-electron chi connectivity index (χ3n) is 3.73. The summed E-state index contributed by atoms with van der Waals surface area (Å²) in [5, 5.41) is 5.42. The van der Waals surface area contributed by atoms with E-state index in [-0.39, 0.29) is 30.7 Å². The van der Waals surface area contributed by atoms with Crippen molar-refractivity contribution in [1.82, 2.24) is 0 Å². The van der Waals surface area contributed by atoms with Gasteiger partial charge in [0.2, 0.25) is 0 Å². The molecule has 0 fully saturated rings. The normalized spacial score (nSPS) is 11.4. The number of amides is 2. The molecule has 1 atom stereocenters. The average molecular weight is 376 g/mol. The zero-order chi connectivity index (χ0) is 19.8. The van der Waals surface area contributed by atoms with E-state index in [0.29, 0.717) is 27.8 Å². The van der Waals surface area contributed by atoms with E-state index in [1.54, 1.807) is 25.2 Å². The molecule has 1 unspecified atom stereocenters. The highest BCUT2D eigenvalue weighted by Crippen LogP contribution is 2.28. The lowest BCUT2D eigenvalue weighted by atomic mass is 10.2. The molecule has 0 bridgehead atoms. The highest BCUT2D eigenvalue weighted by atomic mass is 19.1. The van der Waals surface area contributed by atoms with E-state index in [9.17, 15) is 14.0 Å². The van der Waals surface area contributed by atoms with Crippen LogP contribution in [0.3, 0.4) is 0 Å². The zero-order valence-corrected chi connectivity index (χ0v) is 15.5. The van der Waals surface area contributed by atoms with Crippen LogP contribution >= 0.6 is 0 Å². The van der Waals surface area contributed by atoms with E-state index in [0.717, 1.165) is 0 Å². The molecule has 0 aliphatic carbocycles. The predicted octanol–water partition coefficient (Wildman–Crippen LogP) is 0.935. The van der Waals surface area contributed by atoms with Crippen molar-refractivity contribution >= 4 is 23.2 Å². The maximum absolute atomic E-state index is 12.9. The Kier molecular flexibility index (Phi) is 7.13. The molecular weight excluding hydrogens is 353 g/mol. The summed E-state index contributed by atoms with van der Waals surface area (Å²) in [7, 11) is 4.77. The Hall–Kier alpha value is -3.13. The van der Waals surface area contributed by atoms with Crippen LogP contribution in [-0.2, 0) is 9.59 Å². The van der Waals surface area contributed by atoms with Crippen LogP contribution in [0.25, 0.3) is 0 Å². The second-order valence-corrected chi connectivity index (χ2v) is 5.98. The summed E-state index contributed by atoms with van der Waals surface area (Å²) in [6.07, 6.45) is 0. The van der Waals surface area contributed by atoms with Gasteiger partial charge in [-0.05, 0) is 36.4 Å². The lowest BCUT2D eigenvalue weighted by Gasteiger charge is -2.15. The van der Waals surface area contributed by atoms with Gasteiger partial charge in [-0.15, -0.1) is 0 Å². The predicted molar refractivity (Wildman–Crippen MR) is 99.8 cm³/mol. The first-order valence-electron chi connectivity index (χ1n) is 8.30. The summed E-state index contributed by atoms with van der Waals surface area (Å²) in [5.41, 5.74) is 0.991. The number of halogens is 1. The Bertz CT molecular complexity index is 796. The van der Waals surface area contributed by atoms with E-state index >= 15 is 0 Å². The third-order valence-corrected chi connectivity index (χ3v) is 3.73. The molecular formula is C19H23FN3O4+. The lowest BCUT2D eigenvalue weighted by Crippen LogP contribution is -3.11. The van der Waals surface area contributed by atoms with Crippen LogP contribution in [0.15, 0.2) is 42.5 Å². The molecule has 0 aliphatic heterocycles. The van der Waals surface area contributed by atoms with E-state index in [4.69, 9.17) is 9.47 Å². The van der Waals surface area contributed by atoms with Crippen molar-refractivity contribution in [3.8, 4) is 11.5 Å². The maximum Gasteiger partial charge on any atom is 0.279 e. The smallest absolute Gasteiger partial charge is 0.279 e. The van der Waals surface area contributed by atoms with Crippen molar-refractivity contribution in [2.45, 2.75) is 0 Å². The summed E-state index contributed by atoms with van der Waals surface area (Å²) in [6.45, 7) is 0.164. The van der Waals surface area contributed by atoms with Gasteiger partial charge in [0.25, 0.3) is 11.8 Å². The Morgan fingerprint density at radius 2 is 1.59 bits per heavy atom. The number of quaternary nitrogens is 1. The number of nitrogens with one attached hydrogen (secondary N) is 3. The van der Waals surface area contributed by atoms with Gasteiger partial charge in [0.05, 0.1) is 27.0 Å². The maximum atomic E-state index is 12.9. The molecule has 144 valence electrons. The summed E-state index contributed by atoms with van der Waals surface area (Å²) < 4.78 is 23.2. The monoisotopic (exact) mass is 376 g/mol. The number of carbonyl (C=O) groups is 2. The number of methoxy groups -OCH3 is 2. The van der Waals surface area contributed by atoms with Crippen molar-refractivity contribution in [1.29, 1.82) is 0 Å². The molecule has 7 nitrogen and oxygen atoms in total. The van der Waals surface area contributed by atoms with Gasteiger partial charge in [0, 0.05) is 11.8 Å². The summed E-state index contributed by atoms with van der Waals surface area (Å²) in [4.78, 5) is 25.0. The molecule has 3 N–H and O–H groups in total. The lowest BCUT2D eigenvalue weighted by molar-refractivity contribution is -0.862. The van der Waals surface area contributed by atoms with Gasteiger partial charge in [0.1, 0.15) is 17.3 Å². The Balaban J connectivity index is 1.88.